The molecule has 1 saturated heterocycles. The quantitative estimate of drug-likeness (QED) is 0.853. The monoisotopic (exact) mass is 385 g/mol. The number of hydrogen-bond acceptors (Lipinski definition) is 5. The van der Waals surface area contributed by atoms with Gasteiger partial charge in [0.05, 0.1) is 5.69 Å². The molecule has 150 valence electrons. The van der Waals surface area contributed by atoms with Gasteiger partial charge in [-0.25, -0.2) is 4.79 Å². The van der Waals surface area contributed by atoms with Gasteiger partial charge in [0.2, 0.25) is 5.91 Å². The minimum absolute atomic E-state index is 0.157. The molecule has 0 radical (unpaired) electrons. The van der Waals surface area contributed by atoms with Crippen molar-refractivity contribution in [1.82, 2.24) is 15.4 Å². The maximum Gasteiger partial charge on any atom is 0.410 e. The van der Waals surface area contributed by atoms with E-state index in [0.29, 0.717) is 31.7 Å². The predicted octanol–water partition coefficient (Wildman–Crippen LogP) is 3.40. The number of rotatable bonds is 5. The number of ether oxygens (including phenoxy) is 1. The lowest BCUT2D eigenvalue weighted by atomic mass is 10.1. The number of carbonyl (C=O) groups is 2. The second kappa shape index (κ2) is 8.46. The van der Waals surface area contributed by atoms with E-state index in [4.69, 9.17) is 9.26 Å². The van der Waals surface area contributed by atoms with Gasteiger partial charge in [0, 0.05) is 31.1 Å². The highest BCUT2D eigenvalue weighted by molar-refractivity contribution is 5.86. The van der Waals surface area contributed by atoms with Crippen molar-refractivity contribution < 1.29 is 18.8 Å². The van der Waals surface area contributed by atoms with Gasteiger partial charge >= 0.3 is 6.09 Å². The van der Waals surface area contributed by atoms with Crippen molar-refractivity contribution >= 4 is 12.0 Å². The first-order valence-corrected chi connectivity index (χ1v) is 9.62. The summed E-state index contributed by atoms with van der Waals surface area (Å²) in [5, 5.41) is 6.96. The third kappa shape index (κ3) is 5.12. The molecular formula is C21H27N3O4. The molecule has 7 heteroatoms. The number of hydrogen-bond donors (Lipinski definition) is 1. The smallest absolute Gasteiger partial charge is 0.410 e. The van der Waals surface area contributed by atoms with Gasteiger partial charge in [-0.05, 0) is 33.6 Å². The van der Waals surface area contributed by atoms with Gasteiger partial charge in [0.15, 0.2) is 5.76 Å². The van der Waals surface area contributed by atoms with Crippen molar-refractivity contribution in [2.45, 2.75) is 51.7 Å². The summed E-state index contributed by atoms with van der Waals surface area (Å²) >= 11 is 0. The summed E-state index contributed by atoms with van der Waals surface area (Å²) in [7, 11) is 0. The van der Waals surface area contributed by atoms with E-state index in [9.17, 15) is 9.59 Å². The van der Waals surface area contributed by atoms with Crippen LogP contribution in [0.1, 0.15) is 39.3 Å². The van der Waals surface area contributed by atoms with Crippen LogP contribution in [0.15, 0.2) is 40.9 Å². The summed E-state index contributed by atoms with van der Waals surface area (Å²) in [6, 6.07) is 11.1. The van der Waals surface area contributed by atoms with Crippen LogP contribution in [-0.4, -0.2) is 46.8 Å². The van der Waals surface area contributed by atoms with Gasteiger partial charge in [0.1, 0.15) is 11.6 Å². The van der Waals surface area contributed by atoms with Crippen LogP contribution >= 0.6 is 0 Å². The Hall–Kier alpha value is -2.83. The van der Waals surface area contributed by atoms with Crippen molar-refractivity contribution in [3.8, 4) is 11.3 Å². The third-order valence-electron chi connectivity index (χ3n) is 4.48. The Kier molecular flexibility index (Phi) is 6.02. The van der Waals surface area contributed by atoms with Crippen LogP contribution in [-0.2, 0) is 16.0 Å². The highest BCUT2D eigenvalue weighted by atomic mass is 16.6. The number of likely N-dealkylation sites (tertiary alicyclic amines) is 1. The van der Waals surface area contributed by atoms with E-state index in [1.807, 2.05) is 57.2 Å². The molecule has 1 aliphatic heterocycles. The molecule has 1 aliphatic rings. The fraction of sp³-hybridized carbons (Fsp3) is 0.476. The van der Waals surface area contributed by atoms with Gasteiger partial charge in [0.25, 0.3) is 0 Å². The fourth-order valence-corrected chi connectivity index (χ4v) is 3.18. The lowest BCUT2D eigenvalue weighted by Gasteiger charge is -2.28. The lowest BCUT2D eigenvalue weighted by Crippen LogP contribution is -2.47. The summed E-state index contributed by atoms with van der Waals surface area (Å²) in [4.78, 5) is 26.4. The zero-order valence-electron chi connectivity index (χ0n) is 16.6. The molecule has 1 atom stereocenters. The first-order valence-electron chi connectivity index (χ1n) is 9.62. The average molecular weight is 385 g/mol. The zero-order chi connectivity index (χ0) is 20.1. The SMILES string of the molecule is CC(C)(C)OC(=O)N1CCCC1C(=O)NCCc1cc(-c2ccccc2)on1. The Balaban J connectivity index is 1.50. The normalized spacial score (nSPS) is 16.8. The zero-order valence-corrected chi connectivity index (χ0v) is 16.6. The standard InChI is InChI=1S/C21H27N3O4/c1-21(2,3)27-20(26)24-13-7-10-17(24)19(25)22-12-11-16-14-18(28-23-16)15-8-5-4-6-9-15/h4-6,8-9,14,17H,7,10-13H2,1-3H3,(H,22,25). The second-order valence-electron chi connectivity index (χ2n) is 7.92. The van der Waals surface area contributed by atoms with E-state index < -0.39 is 17.7 Å². The van der Waals surface area contributed by atoms with Gasteiger partial charge in [-0.15, -0.1) is 0 Å². The number of carbonyl (C=O) groups excluding carboxylic acids is 2. The molecule has 2 aromatic rings. The van der Waals surface area contributed by atoms with E-state index in [-0.39, 0.29) is 5.91 Å². The molecule has 1 aromatic heterocycles. The largest absolute Gasteiger partial charge is 0.444 e. The van der Waals surface area contributed by atoms with Crippen molar-refractivity contribution in [2.24, 2.45) is 0 Å². The molecule has 2 amide bonds. The first-order chi connectivity index (χ1) is 13.3. The van der Waals surface area contributed by atoms with Crippen LogP contribution in [0.25, 0.3) is 11.3 Å². The third-order valence-corrected chi connectivity index (χ3v) is 4.48. The Labute approximate surface area is 165 Å². The Morgan fingerprint density at radius 2 is 2.04 bits per heavy atom. The van der Waals surface area contributed by atoms with Crippen molar-refractivity contribution in [3.05, 3.63) is 42.1 Å². The number of nitrogens with one attached hydrogen (secondary N) is 1. The molecule has 1 aromatic carbocycles. The summed E-state index contributed by atoms with van der Waals surface area (Å²) < 4.78 is 10.8. The summed E-state index contributed by atoms with van der Waals surface area (Å²) in [6.45, 7) is 6.42. The topological polar surface area (TPSA) is 84.7 Å². The van der Waals surface area contributed by atoms with Gasteiger partial charge < -0.3 is 14.6 Å². The minimum atomic E-state index is -0.579. The maximum absolute atomic E-state index is 12.5. The molecule has 0 aliphatic carbocycles. The number of aromatic nitrogens is 1. The van der Waals surface area contributed by atoms with Crippen LogP contribution in [0.3, 0.4) is 0 Å². The van der Waals surface area contributed by atoms with E-state index in [2.05, 4.69) is 10.5 Å². The molecule has 2 heterocycles. The molecule has 1 fully saturated rings. The summed E-state index contributed by atoms with van der Waals surface area (Å²) in [5.74, 6) is 0.545. The number of benzene rings is 1. The Bertz CT molecular complexity index is 811. The van der Waals surface area contributed by atoms with Gasteiger partial charge in [-0.2, -0.15) is 0 Å². The van der Waals surface area contributed by atoms with E-state index >= 15 is 0 Å². The van der Waals surface area contributed by atoms with Crippen molar-refractivity contribution in [3.63, 3.8) is 0 Å². The summed E-state index contributed by atoms with van der Waals surface area (Å²) in [6.07, 6.45) is 1.56. The fourth-order valence-electron chi connectivity index (χ4n) is 3.18. The molecule has 7 nitrogen and oxygen atoms in total. The highest BCUT2D eigenvalue weighted by Gasteiger charge is 2.36. The first kappa shape index (κ1) is 19.9. The van der Waals surface area contributed by atoms with Gasteiger partial charge in [-0.1, -0.05) is 35.5 Å². The van der Waals surface area contributed by atoms with Crippen LogP contribution in [0.2, 0.25) is 0 Å². The average Bonchev–Trinajstić information content (AvgIpc) is 3.30. The molecule has 3 rings (SSSR count). The summed E-state index contributed by atoms with van der Waals surface area (Å²) in [5.41, 5.74) is 1.16. The molecule has 0 saturated carbocycles. The lowest BCUT2D eigenvalue weighted by molar-refractivity contribution is -0.125. The van der Waals surface area contributed by atoms with Crippen LogP contribution in [0.4, 0.5) is 4.79 Å². The molecular weight excluding hydrogens is 358 g/mol. The molecule has 0 bridgehead atoms. The van der Waals surface area contributed by atoms with Crippen molar-refractivity contribution in [2.75, 3.05) is 13.1 Å². The van der Waals surface area contributed by atoms with E-state index in [0.717, 1.165) is 17.7 Å². The maximum atomic E-state index is 12.5. The Morgan fingerprint density at radius 1 is 1.29 bits per heavy atom. The number of amides is 2. The Morgan fingerprint density at radius 3 is 2.75 bits per heavy atom. The predicted molar refractivity (Wildman–Crippen MR) is 105 cm³/mol. The van der Waals surface area contributed by atoms with Crippen molar-refractivity contribution in [1.29, 1.82) is 0 Å². The molecule has 28 heavy (non-hydrogen) atoms. The molecule has 1 unspecified atom stereocenters. The van der Waals surface area contributed by atoms with Crippen LogP contribution < -0.4 is 5.32 Å². The van der Waals surface area contributed by atoms with Gasteiger partial charge in [-0.3, -0.25) is 9.69 Å². The van der Waals surface area contributed by atoms with E-state index in [1.54, 1.807) is 0 Å². The van der Waals surface area contributed by atoms with Crippen LogP contribution in [0.5, 0.6) is 0 Å². The highest BCUT2D eigenvalue weighted by Crippen LogP contribution is 2.22. The number of nitrogens with zero attached hydrogens (tertiary/aromatic N) is 2. The minimum Gasteiger partial charge on any atom is -0.444 e. The van der Waals surface area contributed by atoms with E-state index in [1.165, 1.54) is 4.90 Å². The molecule has 0 spiro atoms. The molecule has 1 N–H and O–H groups in total. The van der Waals surface area contributed by atoms with Crippen LogP contribution in [0, 0.1) is 0 Å². The second-order valence-corrected chi connectivity index (χ2v) is 7.92.